The molecule has 0 radical (unpaired) electrons. The molecule has 6 nitrogen and oxygen atoms in total. The predicted molar refractivity (Wildman–Crippen MR) is 72.8 cm³/mol. The third-order valence-corrected chi connectivity index (χ3v) is 4.86. The number of sulfonamides is 1. The van der Waals surface area contributed by atoms with Gasteiger partial charge in [-0.2, -0.15) is 57.1 Å². The van der Waals surface area contributed by atoms with Crippen LogP contribution >= 0.6 is 0 Å². The molecule has 0 aromatic rings. The quantitative estimate of drug-likeness (QED) is 0.275. The van der Waals surface area contributed by atoms with Crippen molar-refractivity contribution < 1.29 is 75.4 Å². The highest BCUT2D eigenvalue weighted by Gasteiger charge is 2.92. The van der Waals surface area contributed by atoms with Crippen molar-refractivity contribution in [1.29, 1.82) is 0 Å². The van der Waals surface area contributed by atoms with E-state index in [9.17, 15) is 70.3 Å². The number of hydrogen-bond acceptors (Lipinski definition) is 4. The summed E-state index contributed by atoms with van der Waals surface area (Å²) in [7, 11) is -7.06. The zero-order valence-corrected chi connectivity index (χ0v) is 15.1. The maximum absolute atomic E-state index is 13.5. The number of aliphatic carboxylic acids is 1. The molecule has 0 aromatic carbocycles. The molecule has 20 heteroatoms. The lowest BCUT2D eigenvalue weighted by Gasteiger charge is -2.39. The molecule has 0 aliphatic heterocycles. The van der Waals surface area contributed by atoms with E-state index in [0.29, 0.717) is 4.72 Å². The molecule has 0 bridgehead atoms. The fourth-order valence-corrected chi connectivity index (χ4v) is 2.69. The molecular formula is C11H11F13N2O4S. The molecular weight excluding hydrogens is 503 g/mol. The van der Waals surface area contributed by atoms with E-state index in [2.05, 4.69) is 0 Å². The van der Waals surface area contributed by atoms with Crippen molar-refractivity contribution in [2.45, 2.75) is 41.5 Å². The number of nitrogens with one attached hydrogen (secondary N) is 2. The number of hydrogen-bond donors (Lipinski definition) is 3. The second kappa shape index (κ2) is 8.75. The van der Waals surface area contributed by atoms with E-state index in [-0.39, 0.29) is 0 Å². The van der Waals surface area contributed by atoms with Gasteiger partial charge in [0.05, 0.1) is 6.54 Å². The van der Waals surface area contributed by atoms with Crippen LogP contribution in [-0.4, -0.2) is 74.2 Å². The lowest BCUT2D eigenvalue weighted by molar-refractivity contribution is -0.433. The highest BCUT2D eigenvalue weighted by molar-refractivity contribution is 7.90. The number of carbonyl (C=O) groups is 1. The number of carboxylic acid groups (broad SMARTS) is 1. The van der Waals surface area contributed by atoms with Gasteiger partial charge in [-0.1, -0.05) is 0 Å². The standard InChI is InChI=1S/C11H11F13N2O4S/c12-6(13,8(16,17)10(20,21)22)7(14,15)9(18,19)11(23,24)31(29,30)26-3-1-2-25-4-5(27)28/h25-26H,1-4H2,(H,27,28). The van der Waals surface area contributed by atoms with Gasteiger partial charge in [-0.15, -0.1) is 0 Å². The van der Waals surface area contributed by atoms with Gasteiger partial charge in [-0.25, -0.2) is 13.1 Å². The van der Waals surface area contributed by atoms with Gasteiger partial charge in [0.2, 0.25) is 0 Å². The molecule has 186 valence electrons. The third kappa shape index (κ3) is 5.10. The molecule has 0 spiro atoms. The van der Waals surface area contributed by atoms with E-state index in [0.717, 1.165) is 0 Å². The van der Waals surface area contributed by atoms with Crippen LogP contribution < -0.4 is 10.0 Å². The first kappa shape index (κ1) is 29.4. The van der Waals surface area contributed by atoms with Gasteiger partial charge < -0.3 is 10.4 Å². The van der Waals surface area contributed by atoms with Crippen LogP contribution in [-0.2, 0) is 14.8 Å². The van der Waals surface area contributed by atoms with Crippen molar-refractivity contribution in [2.75, 3.05) is 19.6 Å². The van der Waals surface area contributed by atoms with Gasteiger partial charge >= 0.3 is 41.1 Å². The Morgan fingerprint density at radius 3 is 1.52 bits per heavy atom. The summed E-state index contributed by atoms with van der Waals surface area (Å²) < 4.78 is 191. The molecule has 0 fully saturated rings. The summed E-state index contributed by atoms with van der Waals surface area (Å²) in [4.78, 5) is 10.1. The fourth-order valence-electron chi connectivity index (χ4n) is 1.63. The fraction of sp³-hybridized carbons (Fsp3) is 0.909. The largest absolute Gasteiger partial charge is 0.480 e. The summed E-state index contributed by atoms with van der Waals surface area (Å²) in [6, 6.07) is 0. The molecule has 0 rings (SSSR count). The molecule has 0 aromatic heterocycles. The lowest BCUT2D eigenvalue weighted by Crippen LogP contribution is -2.71. The van der Waals surface area contributed by atoms with Gasteiger partial charge in [-0.05, 0) is 13.0 Å². The molecule has 0 heterocycles. The molecule has 0 aliphatic carbocycles. The Labute approximate surface area is 163 Å². The highest BCUT2D eigenvalue weighted by Crippen LogP contribution is 2.60. The molecule has 0 unspecified atom stereocenters. The molecule has 0 amide bonds. The Kier molecular flexibility index (Phi) is 8.31. The summed E-state index contributed by atoms with van der Waals surface area (Å²) in [5.41, 5.74) is 0. The summed E-state index contributed by atoms with van der Waals surface area (Å²) in [6.07, 6.45) is -8.27. The normalized spacial score (nSPS) is 15.3. The average Bonchev–Trinajstić information content (AvgIpc) is 2.55. The van der Waals surface area contributed by atoms with E-state index >= 15 is 0 Å². The zero-order chi connectivity index (χ0) is 25.3. The van der Waals surface area contributed by atoms with Crippen LogP contribution in [0.4, 0.5) is 57.1 Å². The molecule has 3 N–H and O–H groups in total. The summed E-state index contributed by atoms with van der Waals surface area (Å²) in [6.45, 7) is -2.53. The maximum Gasteiger partial charge on any atom is 0.460 e. The summed E-state index contributed by atoms with van der Waals surface area (Å²) >= 11 is 0. The van der Waals surface area contributed by atoms with E-state index in [4.69, 9.17) is 5.11 Å². The first-order chi connectivity index (χ1) is 13.4. The van der Waals surface area contributed by atoms with Crippen LogP contribution in [0.5, 0.6) is 0 Å². The Morgan fingerprint density at radius 1 is 0.710 bits per heavy atom. The van der Waals surface area contributed by atoms with Crippen LogP contribution in [0.15, 0.2) is 0 Å². The van der Waals surface area contributed by atoms with Gasteiger partial charge in [0.1, 0.15) is 0 Å². The monoisotopic (exact) mass is 514 g/mol. The minimum absolute atomic E-state index is 0.483. The zero-order valence-electron chi connectivity index (χ0n) is 14.3. The van der Waals surface area contributed by atoms with Crippen molar-refractivity contribution in [2.24, 2.45) is 0 Å². The smallest absolute Gasteiger partial charge is 0.460 e. The van der Waals surface area contributed by atoms with Crippen molar-refractivity contribution in [3.8, 4) is 0 Å². The predicted octanol–water partition coefficient (Wildman–Crippen LogP) is 2.67. The minimum Gasteiger partial charge on any atom is -0.480 e. The number of halogens is 13. The van der Waals surface area contributed by atoms with Crippen molar-refractivity contribution >= 4 is 16.0 Å². The van der Waals surface area contributed by atoms with E-state index in [1.165, 1.54) is 0 Å². The first-order valence-corrected chi connectivity index (χ1v) is 8.77. The molecule has 0 aliphatic rings. The molecule has 0 saturated carbocycles. The molecule has 31 heavy (non-hydrogen) atoms. The van der Waals surface area contributed by atoms with Gasteiger partial charge in [0.15, 0.2) is 0 Å². The Hall–Kier alpha value is -1.57. The number of rotatable bonds is 12. The van der Waals surface area contributed by atoms with E-state index in [1.807, 2.05) is 5.32 Å². The van der Waals surface area contributed by atoms with Crippen LogP contribution in [0.25, 0.3) is 0 Å². The Morgan fingerprint density at radius 2 is 1.13 bits per heavy atom. The van der Waals surface area contributed by atoms with Crippen molar-refractivity contribution in [1.82, 2.24) is 10.0 Å². The highest BCUT2D eigenvalue weighted by atomic mass is 32.2. The molecule has 0 atom stereocenters. The van der Waals surface area contributed by atoms with Crippen LogP contribution in [0, 0.1) is 0 Å². The van der Waals surface area contributed by atoms with Gasteiger partial charge in [-0.3, -0.25) is 4.79 Å². The molecule has 0 saturated heterocycles. The lowest BCUT2D eigenvalue weighted by atomic mass is 9.98. The van der Waals surface area contributed by atoms with E-state index in [1.54, 1.807) is 0 Å². The van der Waals surface area contributed by atoms with Crippen molar-refractivity contribution in [3.63, 3.8) is 0 Å². The third-order valence-electron chi connectivity index (χ3n) is 3.34. The maximum atomic E-state index is 13.5. The Balaban J connectivity index is 5.82. The second-order valence-electron chi connectivity index (χ2n) is 5.63. The average molecular weight is 514 g/mol. The van der Waals surface area contributed by atoms with Crippen LogP contribution in [0.3, 0.4) is 0 Å². The van der Waals surface area contributed by atoms with Gasteiger partial charge in [0.25, 0.3) is 10.0 Å². The number of carboxylic acids is 1. The Bertz CT molecular complexity index is 751. The number of alkyl halides is 13. The van der Waals surface area contributed by atoms with Crippen molar-refractivity contribution in [3.05, 3.63) is 0 Å². The first-order valence-electron chi connectivity index (χ1n) is 7.29. The topological polar surface area (TPSA) is 95.5 Å². The minimum atomic E-state index is -8.22. The van der Waals surface area contributed by atoms with Crippen LogP contribution in [0.2, 0.25) is 0 Å². The summed E-state index contributed by atoms with van der Waals surface area (Å²) in [5, 5.41) is 2.97. The second-order valence-corrected chi connectivity index (χ2v) is 7.44. The van der Waals surface area contributed by atoms with E-state index < -0.39 is 77.2 Å². The summed E-state index contributed by atoms with van der Waals surface area (Å²) in [5.74, 6) is -33.8. The van der Waals surface area contributed by atoms with Crippen LogP contribution in [0.1, 0.15) is 6.42 Å². The van der Waals surface area contributed by atoms with Gasteiger partial charge in [0, 0.05) is 6.54 Å². The SMILES string of the molecule is O=C(O)CNCCCNS(=O)(=O)C(F)(F)C(F)(F)C(F)(F)C(F)(F)C(F)(F)C(F)(F)F.